The third kappa shape index (κ3) is 2.96. The predicted molar refractivity (Wildman–Crippen MR) is 89.9 cm³/mol. The molecule has 3 aromatic rings. The van der Waals surface area contributed by atoms with E-state index in [0.717, 1.165) is 27.6 Å². The van der Waals surface area contributed by atoms with Crippen molar-refractivity contribution < 1.29 is 0 Å². The maximum Gasteiger partial charge on any atom is 0.125 e. The number of anilines is 1. The van der Waals surface area contributed by atoms with Crippen molar-refractivity contribution in [2.45, 2.75) is 19.9 Å². The highest BCUT2D eigenvalue weighted by Gasteiger charge is 2.11. The lowest BCUT2D eigenvalue weighted by Crippen LogP contribution is -2.00. The summed E-state index contributed by atoms with van der Waals surface area (Å²) in [6.45, 7) is 2.77. The molecule has 108 valence electrons. The van der Waals surface area contributed by atoms with Crippen LogP contribution in [-0.2, 0) is 13.0 Å². The van der Waals surface area contributed by atoms with E-state index in [1.807, 2.05) is 35.1 Å². The molecule has 0 bridgehead atoms. The lowest BCUT2D eigenvalue weighted by molar-refractivity contribution is 0.690. The zero-order valence-electron chi connectivity index (χ0n) is 11.7. The summed E-state index contributed by atoms with van der Waals surface area (Å²) in [5.41, 5.74) is 8.70. The minimum atomic E-state index is 0.621. The number of hydrogen-bond donors (Lipinski definition) is 1. The van der Waals surface area contributed by atoms with Gasteiger partial charge in [0, 0.05) is 16.1 Å². The third-order valence-corrected chi connectivity index (χ3v) is 4.93. The topological polar surface area (TPSA) is 43.8 Å². The van der Waals surface area contributed by atoms with Crippen molar-refractivity contribution in [1.29, 1.82) is 0 Å². The molecule has 5 heteroatoms. The summed E-state index contributed by atoms with van der Waals surface area (Å²) < 4.78 is 1.84. The Bertz CT molecular complexity index is 760. The molecule has 3 nitrogen and oxygen atoms in total. The van der Waals surface area contributed by atoms with Crippen LogP contribution in [0.15, 0.2) is 42.6 Å². The summed E-state index contributed by atoms with van der Waals surface area (Å²) in [5, 5.41) is 5.36. The SMILES string of the molecule is CCc1ccc(-c2nn(Cc3ccccc3Cl)cc2N)s1. The van der Waals surface area contributed by atoms with Crippen LogP contribution in [0.5, 0.6) is 0 Å². The van der Waals surface area contributed by atoms with Crippen LogP contribution in [0.3, 0.4) is 0 Å². The largest absolute Gasteiger partial charge is 0.396 e. The fraction of sp³-hybridized carbons (Fsp3) is 0.188. The molecule has 0 saturated heterocycles. The van der Waals surface area contributed by atoms with E-state index in [1.165, 1.54) is 4.88 Å². The highest BCUT2D eigenvalue weighted by atomic mass is 35.5. The van der Waals surface area contributed by atoms with Crippen LogP contribution in [0.1, 0.15) is 17.4 Å². The normalized spacial score (nSPS) is 11.0. The second-order valence-electron chi connectivity index (χ2n) is 4.84. The van der Waals surface area contributed by atoms with Gasteiger partial charge < -0.3 is 5.73 Å². The molecule has 0 amide bonds. The lowest BCUT2D eigenvalue weighted by Gasteiger charge is -2.03. The fourth-order valence-corrected chi connectivity index (χ4v) is 3.36. The molecule has 3 rings (SSSR count). The number of aromatic nitrogens is 2. The molecule has 0 aliphatic rings. The summed E-state index contributed by atoms with van der Waals surface area (Å²) in [7, 11) is 0. The van der Waals surface area contributed by atoms with E-state index >= 15 is 0 Å². The first-order chi connectivity index (χ1) is 10.2. The van der Waals surface area contributed by atoms with Gasteiger partial charge in [-0.05, 0) is 30.2 Å². The average Bonchev–Trinajstić information content (AvgIpc) is 3.08. The molecule has 0 saturated carbocycles. The van der Waals surface area contributed by atoms with Crippen LogP contribution in [-0.4, -0.2) is 9.78 Å². The zero-order chi connectivity index (χ0) is 14.8. The van der Waals surface area contributed by atoms with E-state index in [4.69, 9.17) is 17.3 Å². The van der Waals surface area contributed by atoms with Crippen LogP contribution in [0, 0.1) is 0 Å². The molecular weight excluding hydrogens is 302 g/mol. The van der Waals surface area contributed by atoms with Gasteiger partial charge in [-0.1, -0.05) is 36.7 Å². The molecule has 0 radical (unpaired) electrons. The Morgan fingerprint density at radius 2 is 2.05 bits per heavy atom. The van der Waals surface area contributed by atoms with Gasteiger partial charge in [-0.15, -0.1) is 11.3 Å². The van der Waals surface area contributed by atoms with Gasteiger partial charge >= 0.3 is 0 Å². The van der Waals surface area contributed by atoms with Gasteiger partial charge in [0.25, 0.3) is 0 Å². The van der Waals surface area contributed by atoms with Crippen LogP contribution >= 0.6 is 22.9 Å². The summed E-state index contributed by atoms with van der Waals surface area (Å²) in [5.74, 6) is 0. The molecular formula is C16H16ClN3S. The second-order valence-corrected chi connectivity index (χ2v) is 6.42. The van der Waals surface area contributed by atoms with Gasteiger partial charge in [0.2, 0.25) is 0 Å². The number of nitrogens with two attached hydrogens (primary N) is 1. The lowest BCUT2D eigenvalue weighted by atomic mass is 10.2. The van der Waals surface area contributed by atoms with Crippen LogP contribution in [0.2, 0.25) is 5.02 Å². The van der Waals surface area contributed by atoms with E-state index in [-0.39, 0.29) is 0 Å². The Hall–Kier alpha value is -1.78. The number of aryl methyl sites for hydroxylation is 1. The maximum atomic E-state index is 6.19. The number of nitrogens with zero attached hydrogens (tertiary/aromatic N) is 2. The van der Waals surface area contributed by atoms with Gasteiger partial charge in [0.05, 0.1) is 17.1 Å². The molecule has 2 heterocycles. The monoisotopic (exact) mass is 317 g/mol. The molecule has 21 heavy (non-hydrogen) atoms. The Balaban J connectivity index is 1.89. The summed E-state index contributed by atoms with van der Waals surface area (Å²) in [6, 6.07) is 12.0. The quantitative estimate of drug-likeness (QED) is 0.772. The molecule has 2 aromatic heterocycles. The molecule has 0 aliphatic carbocycles. The van der Waals surface area contributed by atoms with E-state index in [9.17, 15) is 0 Å². The van der Waals surface area contributed by atoms with Crippen LogP contribution in [0.25, 0.3) is 10.6 Å². The van der Waals surface area contributed by atoms with Crippen molar-refractivity contribution in [3.63, 3.8) is 0 Å². The van der Waals surface area contributed by atoms with Crippen molar-refractivity contribution in [3.8, 4) is 10.6 Å². The van der Waals surface area contributed by atoms with Gasteiger partial charge in [0.15, 0.2) is 0 Å². The van der Waals surface area contributed by atoms with Crippen molar-refractivity contribution in [2.24, 2.45) is 0 Å². The average molecular weight is 318 g/mol. The van der Waals surface area contributed by atoms with Crippen molar-refractivity contribution in [2.75, 3.05) is 5.73 Å². The van der Waals surface area contributed by atoms with E-state index in [1.54, 1.807) is 11.3 Å². The Kier molecular flexibility index (Phi) is 3.99. The number of rotatable bonds is 4. The van der Waals surface area contributed by atoms with Gasteiger partial charge in [-0.2, -0.15) is 5.10 Å². The minimum absolute atomic E-state index is 0.621. The van der Waals surface area contributed by atoms with E-state index < -0.39 is 0 Å². The predicted octanol–water partition coefficient (Wildman–Crippen LogP) is 4.46. The van der Waals surface area contributed by atoms with Crippen LogP contribution < -0.4 is 5.73 Å². The smallest absolute Gasteiger partial charge is 0.125 e. The summed E-state index contributed by atoms with van der Waals surface area (Å²) in [4.78, 5) is 2.45. The number of thiophene rings is 1. The van der Waals surface area contributed by atoms with Gasteiger partial charge in [-0.25, -0.2) is 0 Å². The maximum absolute atomic E-state index is 6.19. The molecule has 1 aromatic carbocycles. The molecule has 0 fully saturated rings. The number of hydrogen-bond acceptors (Lipinski definition) is 3. The first-order valence-electron chi connectivity index (χ1n) is 6.82. The highest BCUT2D eigenvalue weighted by molar-refractivity contribution is 7.15. The number of benzene rings is 1. The van der Waals surface area contributed by atoms with E-state index in [0.29, 0.717) is 12.2 Å². The Morgan fingerprint density at radius 1 is 1.24 bits per heavy atom. The third-order valence-electron chi connectivity index (χ3n) is 3.32. The summed E-state index contributed by atoms with van der Waals surface area (Å²) >= 11 is 7.93. The molecule has 0 unspecified atom stereocenters. The van der Waals surface area contributed by atoms with Crippen LogP contribution in [0.4, 0.5) is 5.69 Å². The molecule has 0 atom stereocenters. The first kappa shape index (κ1) is 14.2. The molecule has 2 N–H and O–H groups in total. The van der Waals surface area contributed by atoms with Crippen molar-refractivity contribution in [3.05, 3.63) is 58.1 Å². The van der Waals surface area contributed by atoms with Gasteiger partial charge in [0.1, 0.15) is 5.69 Å². The van der Waals surface area contributed by atoms with Crippen molar-refractivity contribution in [1.82, 2.24) is 9.78 Å². The summed E-state index contributed by atoms with van der Waals surface area (Å²) in [6.07, 6.45) is 2.90. The zero-order valence-corrected chi connectivity index (χ0v) is 13.3. The van der Waals surface area contributed by atoms with E-state index in [2.05, 4.69) is 24.2 Å². The highest BCUT2D eigenvalue weighted by Crippen LogP contribution is 2.31. The molecule has 0 spiro atoms. The minimum Gasteiger partial charge on any atom is -0.396 e. The fourth-order valence-electron chi connectivity index (χ4n) is 2.21. The first-order valence-corrected chi connectivity index (χ1v) is 8.02. The number of halogens is 1. The number of nitrogen functional groups attached to an aromatic ring is 1. The second kappa shape index (κ2) is 5.92. The Morgan fingerprint density at radius 3 is 2.76 bits per heavy atom. The van der Waals surface area contributed by atoms with Crippen molar-refractivity contribution >= 4 is 28.6 Å². The Labute approximate surface area is 133 Å². The van der Waals surface area contributed by atoms with Gasteiger partial charge in [-0.3, -0.25) is 4.68 Å². The standard InChI is InChI=1S/C16H16ClN3S/c1-2-12-7-8-15(21-12)16-14(18)10-20(19-16)9-11-5-3-4-6-13(11)17/h3-8,10H,2,9,18H2,1H3. The molecule has 0 aliphatic heterocycles.